The molecule has 1 heterocycles. The van der Waals surface area contributed by atoms with Crippen LogP contribution in [0.2, 0.25) is 0 Å². The van der Waals surface area contributed by atoms with Crippen LogP contribution < -0.4 is 5.32 Å². The van der Waals surface area contributed by atoms with Gasteiger partial charge in [-0.2, -0.15) is 0 Å². The molecule has 19 heavy (non-hydrogen) atoms. The maximum absolute atomic E-state index is 11.3. The zero-order valence-electron chi connectivity index (χ0n) is 11.2. The van der Waals surface area contributed by atoms with Crippen LogP contribution in [-0.4, -0.2) is 24.2 Å². The Bertz CT molecular complexity index is 534. The molecule has 0 aliphatic heterocycles. The molecule has 0 saturated carbocycles. The fourth-order valence-electron chi connectivity index (χ4n) is 1.92. The van der Waals surface area contributed by atoms with Crippen LogP contribution in [0.1, 0.15) is 25.3 Å². The summed E-state index contributed by atoms with van der Waals surface area (Å²) in [5.74, 6) is 0. The molecule has 2 N–H and O–H groups in total. The zero-order chi connectivity index (χ0) is 13.5. The third-order valence-electron chi connectivity index (χ3n) is 3.03. The Morgan fingerprint density at radius 1 is 1.37 bits per heavy atom. The first-order valence-electron chi connectivity index (χ1n) is 6.76. The number of carbonyl (C=O) groups excluding carboxylic acids is 1. The van der Waals surface area contributed by atoms with Crippen LogP contribution in [0.25, 0.3) is 10.9 Å². The normalized spacial score (nSPS) is 10.6. The minimum absolute atomic E-state index is 0.325. The van der Waals surface area contributed by atoms with Crippen molar-refractivity contribution in [1.29, 1.82) is 0 Å². The van der Waals surface area contributed by atoms with Gasteiger partial charge in [-0.3, -0.25) is 0 Å². The quantitative estimate of drug-likeness (QED) is 0.783. The standard InChI is InChI=1S/C15H20N2O2/c1-2-3-10-19-15(18)17-8-6-12-4-5-13-7-9-16-14(13)11-12/h4-5,7,9,11,16H,2-3,6,8,10H2,1H3,(H,17,18). The summed E-state index contributed by atoms with van der Waals surface area (Å²) >= 11 is 0. The number of hydrogen-bond donors (Lipinski definition) is 2. The Balaban J connectivity index is 1.74. The topological polar surface area (TPSA) is 54.1 Å². The SMILES string of the molecule is CCCCOC(=O)NCCc1ccc2cc[nH]c2c1. The Hall–Kier alpha value is -1.97. The molecule has 1 aromatic carbocycles. The fraction of sp³-hybridized carbons (Fsp3) is 0.400. The van der Waals surface area contributed by atoms with Crippen molar-refractivity contribution in [3.05, 3.63) is 36.0 Å². The van der Waals surface area contributed by atoms with E-state index in [1.165, 1.54) is 10.9 Å². The molecule has 0 unspecified atom stereocenters. The second-order valence-electron chi connectivity index (χ2n) is 4.57. The second kappa shape index (κ2) is 6.83. The highest BCUT2D eigenvalue weighted by molar-refractivity contribution is 5.79. The van der Waals surface area contributed by atoms with Crippen LogP contribution in [0.15, 0.2) is 30.5 Å². The summed E-state index contributed by atoms with van der Waals surface area (Å²) in [5.41, 5.74) is 2.33. The number of H-pyrrole nitrogens is 1. The minimum atomic E-state index is -0.325. The van der Waals surface area contributed by atoms with Gasteiger partial charge in [0.1, 0.15) is 0 Å². The highest BCUT2D eigenvalue weighted by atomic mass is 16.5. The molecule has 4 nitrogen and oxygen atoms in total. The van der Waals surface area contributed by atoms with E-state index in [0.717, 1.165) is 24.8 Å². The van der Waals surface area contributed by atoms with E-state index in [2.05, 4.69) is 35.4 Å². The van der Waals surface area contributed by atoms with Gasteiger partial charge in [-0.25, -0.2) is 4.79 Å². The molecule has 0 aliphatic rings. The molecule has 4 heteroatoms. The second-order valence-corrected chi connectivity index (χ2v) is 4.57. The number of nitrogens with one attached hydrogen (secondary N) is 2. The van der Waals surface area contributed by atoms with Crippen LogP contribution in [0, 0.1) is 0 Å². The number of amides is 1. The van der Waals surface area contributed by atoms with Crippen LogP contribution in [-0.2, 0) is 11.2 Å². The molecule has 1 aromatic heterocycles. The number of hydrogen-bond acceptors (Lipinski definition) is 2. The van der Waals surface area contributed by atoms with E-state index in [-0.39, 0.29) is 6.09 Å². The Kier molecular flexibility index (Phi) is 4.84. The molecule has 0 atom stereocenters. The number of aromatic nitrogens is 1. The summed E-state index contributed by atoms with van der Waals surface area (Å²) < 4.78 is 5.02. The maximum atomic E-state index is 11.3. The highest BCUT2D eigenvalue weighted by Crippen LogP contribution is 2.14. The van der Waals surface area contributed by atoms with E-state index in [4.69, 9.17) is 4.74 Å². The Labute approximate surface area is 113 Å². The first kappa shape index (κ1) is 13.5. The third-order valence-corrected chi connectivity index (χ3v) is 3.03. The average molecular weight is 260 g/mol. The smallest absolute Gasteiger partial charge is 0.407 e. The average Bonchev–Trinajstić information content (AvgIpc) is 2.86. The van der Waals surface area contributed by atoms with E-state index < -0.39 is 0 Å². The predicted molar refractivity (Wildman–Crippen MR) is 76.3 cm³/mol. The summed E-state index contributed by atoms with van der Waals surface area (Å²) in [6, 6.07) is 8.32. The van der Waals surface area contributed by atoms with Gasteiger partial charge in [-0.05, 0) is 35.9 Å². The van der Waals surface area contributed by atoms with Gasteiger partial charge >= 0.3 is 6.09 Å². The molecule has 2 rings (SSSR count). The lowest BCUT2D eigenvalue weighted by atomic mass is 10.1. The predicted octanol–water partition coefficient (Wildman–Crippen LogP) is 3.24. The van der Waals surface area contributed by atoms with Crippen molar-refractivity contribution in [2.45, 2.75) is 26.2 Å². The van der Waals surface area contributed by atoms with E-state index in [1.54, 1.807) is 0 Å². The van der Waals surface area contributed by atoms with Crippen molar-refractivity contribution in [3.63, 3.8) is 0 Å². The lowest BCUT2D eigenvalue weighted by Gasteiger charge is -2.06. The van der Waals surface area contributed by atoms with Crippen molar-refractivity contribution in [1.82, 2.24) is 10.3 Å². The molecule has 102 valence electrons. The van der Waals surface area contributed by atoms with E-state index in [0.29, 0.717) is 13.2 Å². The van der Waals surface area contributed by atoms with Gasteiger partial charge in [0.15, 0.2) is 0 Å². The van der Waals surface area contributed by atoms with Gasteiger partial charge in [0.25, 0.3) is 0 Å². The first-order valence-corrected chi connectivity index (χ1v) is 6.76. The minimum Gasteiger partial charge on any atom is -0.450 e. The van der Waals surface area contributed by atoms with Gasteiger partial charge in [-0.1, -0.05) is 25.5 Å². The van der Waals surface area contributed by atoms with E-state index in [9.17, 15) is 4.79 Å². The molecule has 0 spiro atoms. The van der Waals surface area contributed by atoms with Gasteiger partial charge in [-0.15, -0.1) is 0 Å². The number of alkyl carbamates (subject to hydrolysis) is 1. The summed E-state index contributed by atoms with van der Waals surface area (Å²) in [6.45, 7) is 3.16. The first-order chi connectivity index (χ1) is 9.29. The maximum Gasteiger partial charge on any atom is 0.407 e. The lowest BCUT2D eigenvalue weighted by molar-refractivity contribution is 0.144. The summed E-state index contributed by atoms with van der Waals surface area (Å²) in [5, 5.41) is 3.96. The monoisotopic (exact) mass is 260 g/mol. The van der Waals surface area contributed by atoms with Gasteiger partial charge in [0.05, 0.1) is 6.61 Å². The van der Waals surface area contributed by atoms with Gasteiger partial charge in [0.2, 0.25) is 0 Å². The van der Waals surface area contributed by atoms with Crippen molar-refractivity contribution in [2.75, 3.05) is 13.2 Å². The molecule has 0 radical (unpaired) electrons. The molecule has 0 saturated heterocycles. The van der Waals surface area contributed by atoms with Crippen LogP contribution in [0.3, 0.4) is 0 Å². The molecule has 0 fully saturated rings. The number of benzene rings is 1. The fourth-order valence-corrected chi connectivity index (χ4v) is 1.92. The number of aromatic amines is 1. The molecular formula is C15H20N2O2. The lowest BCUT2D eigenvalue weighted by Crippen LogP contribution is -2.26. The zero-order valence-corrected chi connectivity index (χ0v) is 11.2. The highest BCUT2D eigenvalue weighted by Gasteiger charge is 2.01. The number of rotatable bonds is 6. The largest absolute Gasteiger partial charge is 0.450 e. The third kappa shape index (κ3) is 4.02. The summed E-state index contributed by atoms with van der Waals surface area (Å²) in [4.78, 5) is 14.5. The Morgan fingerprint density at radius 2 is 2.26 bits per heavy atom. The van der Waals surface area contributed by atoms with Crippen LogP contribution in [0.4, 0.5) is 4.79 Å². The molecule has 1 amide bonds. The van der Waals surface area contributed by atoms with Crippen LogP contribution in [0.5, 0.6) is 0 Å². The van der Waals surface area contributed by atoms with Gasteiger partial charge < -0.3 is 15.0 Å². The van der Waals surface area contributed by atoms with Crippen molar-refractivity contribution < 1.29 is 9.53 Å². The molecule has 0 bridgehead atoms. The van der Waals surface area contributed by atoms with Crippen molar-refractivity contribution in [3.8, 4) is 0 Å². The number of unbranched alkanes of at least 4 members (excludes halogenated alkanes) is 1. The van der Waals surface area contributed by atoms with Crippen molar-refractivity contribution in [2.24, 2.45) is 0 Å². The number of ether oxygens (including phenoxy) is 1. The van der Waals surface area contributed by atoms with Crippen LogP contribution >= 0.6 is 0 Å². The Morgan fingerprint density at radius 3 is 3.11 bits per heavy atom. The van der Waals surface area contributed by atoms with E-state index >= 15 is 0 Å². The van der Waals surface area contributed by atoms with Crippen molar-refractivity contribution >= 4 is 17.0 Å². The number of carbonyl (C=O) groups is 1. The number of fused-ring (bicyclic) bond motifs is 1. The molecule has 2 aromatic rings. The van der Waals surface area contributed by atoms with Gasteiger partial charge in [0, 0.05) is 18.3 Å². The summed E-state index contributed by atoms with van der Waals surface area (Å²) in [6.07, 6.45) is 4.35. The van der Waals surface area contributed by atoms with E-state index in [1.807, 2.05) is 12.3 Å². The summed E-state index contributed by atoms with van der Waals surface area (Å²) in [7, 11) is 0. The molecular weight excluding hydrogens is 240 g/mol. The molecule has 0 aliphatic carbocycles.